The smallest absolute Gasteiger partial charge is 0.175 e. The van der Waals surface area contributed by atoms with Gasteiger partial charge in [0.15, 0.2) is 4.67 Å². The highest BCUT2D eigenvalue weighted by molar-refractivity contribution is 9.10. The van der Waals surface area contributed by atoms with Gasteiger partial charge >= 0.3 is 0 Å². The molecule has 1 aromatic carbocycles. The molecular formula is C12H10BrFO3. The monoisotopic (exact) mass is 300 g/mol. The molecule has 0 aliphatic heterocycles. The molecule has 2 rings (SSSR count). The first-order valence-corrected chi connectivity index (χ1v) is 5.67. The molecule has 90 valence electrons. The lowest BCUT2D eigenvalue weighted by atomic mass is 10.0. The summed E-state index contributed by atoms with van der Waals surface area (Å²) in [6.07, 6.45) is 0.346. The minimum Gasteiger partial charge on any atom is -0.497 e. The van der Waals surface area contributed by atoms with Crippen LogP contribution in [0.2, 0.25) is 0 Å². The molecule has 17 heavy (non-hydrogen) atoms. The lowest BCUT2D eigenvalue weighted by Crippen LogP contribution is -2.02. The fraction of sp³-hybridized carbons (Fsp3) is 0.167. The molecule has 1 N–H and O–H groups in total. The van der Waals surface area contributed by atoms with Crippen LogP contribution in [0.25, 0.3) is 0 Å². The van der Waals surface area contributed by atoms with Gasteiger partial charge < -0.3 is 14.3 Å². The number of rotatable bonds is 3. The third-order valence-electron chi connectivity index (χ3n) is 2.44. The van der Waals surface area contributed by atoms with Gasteiger partial charge in [-0.1, -0.05) is 0 Å². The van der Waals surface area contributed by atoms with E-state index in [0.29, 0.717) is 16.0 Å². The average molecular weight is 301 g/mol. The van der Waals surface area contributed by atoms with E-state index in [9.17, 15) is 9.50 Å². The Bertz CT molecular complexity index is 524. The molecule has 0 fully saturated rings. The van der Waals surface area contributed by atoms with E-state index in [0.717, 1.165) is 0 Å². The molecular weight excluding hydrogens is 291 g/mol. The summed E-state index contributed by atoms with van der Waals surface area (Å²) in [5.41, 5.74) is 0.655. The van der Waals surface area contributed by atoms with Crippen LogP contribution in [0.5, 0.6) is 5.75 Å². The van der Waals surface area contributed by atoms with Gasteiger partial charge in [-0.2, -0.15) is 0 Å². The summed E-state index contributed by atoms with van der Waals surface area (Å²) in [7, 11) is 1.46. The van der Waals surface area contributed by atoms with Crippen LogP contribution >= 0.6 is 15.9 Å². The van der Waals surface area contributed by atoms with Gasteiger partial charge in [0.1, 0.15) is 17.7 Å². The van der Waals surface area contributed by atoms with Crippen molar-refractivity contribution in [2.45, 2.75) is 6.10 Å². The molecule has 0 aliphatic carbocycles. The Labute approximate surface area is 106 Å². The summed E-state index contributed by atoms with van der Waals surface area (Å²) in [5, 5.41) is 10.0. The number of hydrogen-bond donors (Lipinski definition) is 1. The van der Waals surface area contributed by atoms with Crippen LogP contribution in [-0.2, 0) is 0 Å². The number of ether oxygens (including phenoxy) is 1. The van der Waals surface area contributed by atoms with Crippen molar-refractivity contribution < 1.29 is 18.7 Å². The zero-order chi connectivity index (χ0) is 12.4. The zero-order valence-corrected chi connectivity index (χ0v) is 10.6. The molecule has 1 unspecified atom stereocenters. The van der Waals surface area contributed by atoms with Crippen molar-refractivity contribution in [2.24, 2.45) is 0 Å². The Kier molecular flexibility index (Phi) is 3.49. The van der Waals surface area contributed by atoms with E-state index in [4.69, 9.17) is 9.15 Å². The largest absolute Gasteiger partial charge is 0.497 e. The van der Waals surface area contributed by atoms with Gasteiger partial charge in [0.05, 0.1) is 13.4 Å². The molecule has 2 aromatic rings. The van der Waals surface area contributed by atoms with Gasteiger partial charge in [0, 0.05) is 17.2 Å². The molecule has 0 spiro atoms. The summed E-state index contributed by atoms with van der Waals surface area (Å²) in [4.78, 5) is 0. The van der Waals surface area contributed by atoms with Crippen molar-refractivity contribution in [3.8, 4) is 5.75 Å². The normalized spacial score (nSPS) is 12.5. The van der Waals surface area contributed by atoms with Gasteiger partial charge in [-0.05, 0) is 34.1 Å². The van der Waals surface area contributed by atoms with E-state index in [1.165, 1.54) is 25.5 Å². The summed E-state index contributed by atoms with van der Waals surface area (Å²) >= 11 is 3.14. The molecule has 0 saturated heterocycles. The predicted molar refractivity (Wildman–Crippen MR) is 63.4 cm³/mol. The van der Waals surface area contributed by atoms with Crippen molar-refractivity contribution in [3.05, 3.63) is 52.1 Å². The first-order valence-electron chi connectivity index (χ1n) is 4.88. The number of furan rings is 1. The fourth-order valence-electron chi connectivity index (χ4n) is 1.52. The SMILES string of the molecule is COc1ccc(C(O)c2ccoc2Br)c(F)c1. The summed E-state index contributed by atoms with van der Waals surface area (Å²) < 4.78 is 24.0. The third-order valence-corrected chi connectivity index (χ3v) is 3.09. The minimum atomic E-state index is -1.07. The topological polar surface area (TPSA) is 42.6 Å². The quantitative estimate of drug-likeness (QED) is 0.946. The van der Waals surface area contributed by atoms with Crippen LogP contribution in [-0.4, -0.2) is 12.2 Å². The predicted octanol–water partition coefficient (Wildman–Crippen LogP) is 3.27. The second-order valence-corrected chi connectivity index (χ2v) is 4.16. The fourth-order valence-corrected chi connectivity index (χ4v) is 1.98. The van der Waals surface area contributed by atoms with Crippen molar-refractivity contribution in [1.29, 1.82) is 0 Å². The Balaban J connectivity index is 2.38. The molecule has 1 atom stereocenters. The molecule has 1 aromatic heterocycles. The van der Waals surface area contributed by atoms with Crippen LogP contribution < -0.4 is 4.74 Å². The molecule has 1 heterocycles. The first kappa shape index (κ1) is 12.1. The summed E-state index contributed by atoms with van der Waals surface area (Å²) in [6, 6.07) is 5.89. The van der Waals surface area contributed by atoms with Gasteiger partial charge in [-0.15, -0.1) is 0 Å². The van der Waals surface area contributed by atoms with Crippen LogP contribution in [0.1, 0.15) is 17.2 Å². The average Bonchev–Trinajstić information content (AvgIpc) is 2.74. The Morgan fingerprint density at radius 3 is 2.65 bits per heavy atom. The first-order chi connectivity index (χ1) is 8.13. The van der Waals surface area contributed by atoms with E-state index in [1.807, 2.05) is 0 Å². The highest BCUT2D eigenvalue weighted by Gasteiger charge is 2.19. The second-order valence-electron chi connectivity index (χ2n) is 3.44. The number of hydrogen-bond acceptors (Lipinski definition) is 3. The number of aliphatic hydroxyl groups excluding tert-OH is 1. The Morgan fingerprint density at radius 2 is 2.12 bits per heavy atom. The third kappa shape index (κ3) is 2.35. The molecule has 3 nitrogen and oxygen atoms in total. The van der Waals surface area contributed by atoms with E-state index in [2.05, 4.69) is 15.9 Å². The van der Waals surface area contributed by atoms with Gasteiger partial charge in [0.25, 0.3) is 0 Å². The van der Waals surface area contributed by atoms with Crippen molar-refractivity contribution in [3.63, 3.8) is 0 Å². The lowest BCUT2D eigenvalue weighted by Gasteiger charge is -2.11. The van der Waals surface area contributed by atoms with E-state index >= 15 is 0 Å². The van der Waals surface area contributed by atoms with Gasteiger partial charge in [0.2, 0.25) is 0 Å². The molecule has 0 bridgehead atoms. The van der Waals surface area contributed by atoms with Crippen molar-refractivity contribution >= 4 is 15.9 Å². The van der Waals surface area contributed by atoms with Gasteiger partial charge in [-0.3, -0.25) is 0 Å². The molecule has 0 saturated carbocycles. The minimum absolute atomic E-state index is 0.174. The number of aliphatic hydroxyl groups is 1. The Morgan fingerprint density at radius 1 is 1.35 bits per heavy atom. The lowest BCUT2D eigenvalue weighted by molar-refractivity contribution is 0.212. The Hall–Kier alpha value is -1.33. The number of benzene rings is 1. The number of methoxy groups -OCH3 is 1. The molecule has 0 amide bonds. The summed E-state index contributed by atoms with van der Waals surface area (Å²) in [5.74, 6) is -0.116. The van der Waals surface area contributed by atoms with Crippen LogP contribution in [0.15, 0.2) is 39.6 Å². The maximum absolute atomic E-state index is 13.7. The van der Waals surface area contributed by atoms with E-state index in [1.54, 1.807) is 12.1 Å². The van der Waals surface area contributed by atoms with Crippen molar-refractivity contribution in [2.75, 3.05) is 7.11 Å². The van der Waals surface area contributed by atoms with Crippen LogP contribution in [0, 0.1) is 5.82 Å². The highest BCUT2D eigenvalue weighted by Crippen LogP contribution is 2.31. The maximum Gasteiger partial charge on any atom is 0.175 e. The molecule has 5 heteroatoms. The standard InChI is InChI=1S/C12H10BrFO3/c1-16-7-2-3-8(10(14)6-7)11(15)9-4-5-17-12(9)13/h2-6,11,15H,1H3. The van der Waals surface area contributed by atoms with Gasteiger partial charge in [-0.25, -0.2) is 4.39 Å². The van der Waals surface area contributed by atoms with Crippen LogP contribution in [0.4, 0.5) is 4.39 Å². The van der Waals surface area contributed by atoms with Crippen LogP contribution in [0.3, 0.4) is 0 Å². The summed E-state index contributed by atoms with van der Waals surface area (Å²) in [6.45, 7) is 0. The zero-order valence-electron chi connectivity index (χ0n) is 8.98. The van der Waals surface area contributed by atoms with Crippen molar-refractivity contribution in [1.82, 2.24) is 0 Å². The highest BCUT2D eigenvalue weighted by atomic mass is 79.9. The van der Waals surface area contributed by atoms with E-state index < -0.39 is 11.9 Å². The number of halogens is 2. The molecule has 0 aliphatic rings. The molecule has 0 radical (unpaired) electrons. The second kappa shape index (κ2) is 4.89. The van der Waals surface area contributed by atoms with E-state index in [-0.39, 0.29) is 5.56 Å². The maximum atomic E-state index is 13.7.